The van der Waals surface area contributed by atoms with Crippen LogP contribution < -0.4 is 27.2 Å². The minimum absolute atomic E-state index is 0.152. The molecular weight excluding hydrogens is 472 g/mol. The van der Waals surface area contributed by atoms with Crippen molar-refractivity contribution in [2.75, 3.05) is 11.9 Å². The third-order valence-electron chi connectivity index (χ3n) is 5.24. The van der Waals surface area contributed by atoms with E-state index in [0.29, 0.717) is 23.4 Å². The number of hydroxylamine groups is 1. The second-order valence-electron chi connectivity index (χ2n) is 8.20. The van der Waals surface area contributed by atoms with Gasteiger partial charge in [-0.25, -0.2) is 5.48 Å². The first kappa shape index (κ1) is 27.0. The lowest BCUT2D eigenvalue weighted by Gasteiger charge is -2.20. The predicted molar refractivity (Wildman–Crippen MR) is 138 cm³/mol. The third kappa shape index (κ3) is 8.55. The zero-order valence-electron chi connectivity index (χ0n) is 20.2. The van der Waals surface area contributed by atoms with Crippen molar-refractivity contribution >= 4 is 23.4 Å². The molecule has 2 atom stereocenters. The van der Waals surface area contributed by atoms with Crippen LogP contribution in [0.2, 0.25) is 0 Å². The third-order valence-corrected chi connectivity index (χ3v) is 5.24. The first-order valence-corrected chi connectivity index (χ1v) is 11.5. The molecule has 0 saturated carbocycles. The first-order chi connectivity index (χ1) is 17.9. The molecule has 3 rings (SSSR count). The van der Waals surface area contributed by atoms with Gasteiger partial charge < -0.3 is 21.7 Å². The van der Waals surface area contributed by atoms with Crippen LogP contribution in [0.4, 0.5) is 5.69 Å². The van der Waals surface area contributed by atoms with Crippen molar-refractivity contribution in [3.8, 4) is 11.8 Å². The van der Waals surface area contributed by atoms with E-state index >= 15 is 0 Å². The summed E-state index contributed by atoms with van der Waals surface area (Å²) in [6.07, 6.45) is 3.41. The molecule has 3 aromatic rings. The molecule has 0 spiro atoms. The van der Waals surface area contributed by atoms with Crippen molar-refractivity contribution in [3.05, 3.63) is 95.3 Å². The number of hydrogen-bond acceptors (Lipinski definition) is 7. The molecule has 0 saturated heterocycles. The Kier molecular flexibility index (Phi) is 9.87. The van der Waals surface area contributed by atoms with Crippen LogP contribution in [0.3, 0.4) is 0 Å². The fourth-order valence-electron chi connectivity index (χ4n) is 3.24. The van der Waals surface area contributed by atoms with Crippen LogP contribution in [0.25, 0.3) is 0 Å². The average molecular weight is 501 g/mol. The van der Waals surface area contributed by atoms with E-state index < -0.39 is 23.9 Å². The molecule has 1 heterocycles. The Morgan fingerprint density at radius 2 is 1.54 bits per heavy atom. The van der Waals surface area contributed by atoms with Gasteiger partial charge in [-0.05, 0) is 73.2 Å². The number of hydrogen-bond donors (Lipinski definition) is 6. The molecule has 37 heavy (non-hydrogen) atoms. The van der Waals surface area contributed by atoms with Crippen molar-refractivity contribution in [2.45, 2.75) is 25.6 Å². The molecule has 0 aliphatic heterocycles. The highest BCUT2D eigenvalue weighted by molar-refractivity contribution is 5.97. The average Bonchev–Trinajstić information content (AvgIpc) is 2.91. The Balaban J connectivity index is 1.51. The van der Waals surface area contributed by atoms with Gasteiger partial charge in [0.05, 0.1) is 6.54 Å². The van der Waals surface area contributed by atoms with Crippen LogP contribution in [0.1, 0.15) is 34.0 Å². The molecule has 0 fully saturated rings. The van der Waals surface area contributed by atoms with Gasteiger partial charge in [0.25, 0.3) is 11.8 Å². The van der Waals surface area contributed by atoms with Gasteiger partial charge in [-0.1, -0.05) is 11.8 Å². The summed E-state index contributed by atoms with van der Waals surface area (Å²) in [4.78, 5) is 40.2. The smallest absolute Gasteiger partial charge is 0.267 e. The fraction of sp³-hybridized carbons (Fsp3) is 0.185. The van der Waals surface area contributed by atoms with E-state index in [1.807, 2.05) is 12.1 Å². The monoisotopic (exact) mass is 500 g/mol. The van der Waals surface area contributed by atoms with Crippen LogP contribution in [-0.4, -0.2) is 46.5 Å². The molecule has 0 aliphatic carbocycles. The Morgan fingerprint density at radius 1 is 0.946 bits per heavy atom. The zero-order valence-corrected chi connectivity index (χ0v) is 20.2. The molecule has 10 heteroatoms. The summed E-state index contributed by atoms with van der Waals surface area (Å²) in [7, 11) is 0. The highest BCUT2D eigenvalue weighted by Crippen LogP contribution is 2.10. The molecule has 3 amide bonds. The van der Waals surface area contributed by atoms with Crippen LogP contribution in [0.15, 0.2) is 73.1 Å². The lowest BCUT2D eigenvalue weighted by molar-refractivity contribution is -0.131. The van der Waals surface area contributed by atoms with Gasteiger partial charge in [0.15, 0.2) is 0 Å². The lowest BCUT2D eigenvalue weighted by Crippen LogP contribution is -2.54. The molecule has 2 aromatic carbocycles. The molecular formula is C27H28N6O4. The van der Waals surface area contributed by atoms with E-state index in [9.17, 15) is 14.4 Å². The van der Waals surface area contributed by atoms with Gasteiger partial charge in [0, 0.05) is 47.4 Å². The van der Waals surface area contributed by atoms with Gasteiger partial charge in [0.1, 0.15) is 6.04 Å². The van der Waals surface area contributed by atoms with Crippen LogP contribution in [0, 0.1) is 11.8 Å². The summed E-state index contributed by atoms with van der Waals surface area (Å²) in [5, 5.41) is 17.2. The Bertz CT molecular complexity index is 1270. The Hall–Kier alpha value is -4.56. The number of nitrogens with two attached hydrogens (primary N) is 1. The summed E-state index contributed by atoms with van der Waals surface area (Å²) in [5.41, 5.74) is 10.7. The van der Waals surface area contributed by atoms with E-state index in [1.165, 1.54) is 5.48 Å². The second kappa shape index (κ2) is 13.5. The number of nitrogens with one attached hydrogen (secondary N) is 4. The minimum atomic E-state index is -1.08. The molecule has 7 N–H and O–H groups in total. The largest absolute Gasteiger partial charge is 0.339 e. The highest BCUT2D eigenvalue weighted by Gasteiger charge is 2.24. The van der Waals surface area contributed by atoms with Crippen LogP contribution in [0.5, 0.6) is 0 Å². The van der Waals surface area contributed by atoms with E-state index in [2.05, 4.69) is 32.8 Å². The molecule has 2 unspecified atom stereocenters. The number of pyridine rings is 1. The van der Waals surface area contributed by atoms with Crippen LogP contribution >= 0.6 is 0 Å². The van der Waals surface area contributed by atoms with E-state index in [0.717, 1.165) is 11.1 Å². The van der Waals surface area contributed by atoms with Crippen molar-refractivity contribution in [3.63, 3.8) is 0 Å². The zero-order chi connectivity index (χ0) is 26.6. The normalized spacial score (nSPS) is 11.9. The molecule has 0 bridgehead atoms. The van der Waals surface area contributed by atoms with Crippen molar-refractivity contribution in [1.29, 1.82) is 0 Å². The molecule has 10 nitrogen and oxygen atoms in total. The maximum Gasteiger partial charge on any atom is 0.267 e. The van der Waals surface area contributed by atoms with E-state index in [-0.39, 0.29) is 12.5 Å². The summed E-state index contributed by atoms with van der Waals surface area (Å²) < 4.78 is 0. The van der Waals surface area contributed by atoms with Crippen molar-refractivity contribution < 1.29 is 19.6 Å². The Morgan fingerprint density at radius 3 is 2.11 bits per heavy atom. The SMILES string of the molecule is CC(N)C(NC(=O)c1ccc(C#Cc2ccc(NC(=O)CNCc3ccncc3)cc2)cc1)C(=O)NO. The maximum absolute atomic E-state index is 12.4. The minimum Gasteiger partial charge on any atom is -0.339 e. The predicted octanol–water partition coefficient (Wildman–Crippen LogP) is 1.16. The summed E-state index contributed by atoms with van der Waals surface area (Å²) in [5.74, 6) is 4.60. The quantitative estimate of drug-likeness (QED) is 0.146. The lowest BCUT2D eigenvalue weighted by atomic mass is 10.1. The number of amides is 3. The first-order valence-electron chi connectivity index (χ1n) is 11.5. The Labute approximate surface area is 214 Å². The molecule has 190 valence electrons. The second-order valence-corrected chi connectivity index (χ2v) is 8.20. The summed E-state index contributed by atoms with van der Waals surface area (Å²) >= 11 is 0. The number of carbonyl (C=O) groups is 3. The molecule has 0 aliphatic rings. The fourth-order valence-corrected chi connectivity index (χ4v) is 3.24. The van der Waals surface area contributed by atoms with E-state index in [4.69, 9.17) is 10.9 Å². The van der Waals surface area contributed by atoms with Gasteiger partial charge in [-0.15, -0.1) is 0 Å². The standard InChI is InChI=1S/C27H28N6O4/c1-18(28)25(27(36)33-37)32-26(35)22-8-4-19(5-9-22)2-3-20-6-10-23(11-7-20)31-24(34)17-30-16-21-12-14-29-15-13-21/h4-15,18,25,30,37H,16-17,28H2,1H3,(H,31,34)(H,32,35)(H,33,36). The number of anilines is 1. The van der Waals surface area contributed by atoms with Gasteiger partial charge >= 0.3 is 0 Å². The number of benzene rings is 2. The highest BCUT2D eigenvalue weighted by atomic mass is 16.5. The van der Waals surface area contributed by atoms with Crippen molar-refractivity contribution in [1.82, 2.24) is 21.1 Å². The van der Waals surface area contributed by atoms with Gasteiger partial charge in [-0.2, -0.15) is 0 Å². The number of rotatable bonds is 9. The number of carbonyl (C=O) groups excluding carboxylic acids is 3. The van der Waals surface area contributed by atoms with Gasteiger partial charge in [0.2, 0.25) is 5.91 Å². The van der Waals surface area contributed by atoms with Gasteiger partial charge in [-0.3, -0.25) is 24.6 Å². The molecule has 1 aromatic heterocycles. The maximum atomic E-state index is 12.4. The number of aromatic nitrogens is 1. The summed E-state index contributed by atoms with van der Waals surface area (Å²) in [6, 6.07) is 15.7. The van der Waals surface area contributed by atoms with Crippen molar-refractivity contribution in [2.24, 2.45) is 5.73 Å². The molecule has 0 radical (unpaired) electrons. The van der Waals surface area contributed by atoms with Crippen LogP contribution in [-0.2, 0) is 16.1 Å². The topological polar surface area (TPSA) is 158 Å². The summed E-state index contributed by atoms with van der Waals surface area (Å²) in [6.45, 7) is 2.30. The van der Waals surface area contributed by atoms with E-state index in [1.54, 1.807) is 67.8 Å². The number of nitrogens with zero attached hydrogens (tertiary/aromatic N) is 1.